The molecule has 0 fully saturated rings. The fourth-order valence-electron chi connectivity index (χ4n) is 8.31. The van der Waals surface area contributed by atoms with Crippen molar-refractivity contribution in [1.29, 1.82) is 0 Å². The van der Waals surface area contributed by atoms with Gasteiger partial charge in [-0.1, -0.05) is 109 Å². The summed E-state index contributed by atoms with van der Waals surface area (Å²) >= 11 is 1.87. The van der Waals surface area contributed by atoms with E-state index in [9.17, 15) is 0 Å². The second-order valence-electron chi connectivity index (χ2n) is 13.9. The van der Waals surface area contributed by atoms with Gasteiger partial charge in [-0.15, -0.1) is 11.3 Å². The highest BCUT2D eigenvalue weighted by Crippen LogP contribution is 2.40. The summed E-state index contributed by atoms with van der Waals surface area (Å²) in [6, 6.07) is 64.8. The lowest BCUT2D eigenvalue weighted by atomic mass is 10.0. The third-order valence-electron chi connectivity index (χ3n) is 10.8. The molecule has 11 aromatic rings. The quantitative estimate of drug-likeness (QED) is 0.175. The van der Waals surface area contributed by atoms with Crippen LogP contribution in [0.2, 0.25) is 0 Å². The largest absolute Gasteiger partial charge is 0.309 e. The number of hydrogen-bond donors (Lipinski definition) is 0. The molecule has 3 aromatic heterocycles. The third kappa shape index (κ3) is 4.43. The average Bonchev–Trinajstić information content (AvgIpc) is 3.84. The van der Waals surface area contributed by atoms with Crippen molar-refractivity contribution in [2.24, 2.45) is 0 Å². The number of hydrogen-bond acceptors (Lipinski definition) is 1. The van der Waals surface area contributed by atoms with Crippen molar-refractivity contribution in [2.75, 3.05) is 0 Å². The number of aromatic nitrogens is 2. The van der Waals surface area contributed by atoms with E-state index in [0.717, 1.165) is 5.69 Å². The van der Waals surface area contributed by atoms with Gasteiger partial charge in [-0.2, -0.15) is 0 Å². The number of benzene rings is 8. The van der Waals surface area contributed by atoms with Crippen LogP contribution in [0.5, 0.6) is 0 Å². The standard InChI is InChI=1S/C49H32N2S/c1-31-15-23-39-43-29-35(19-26-46(43)51(47(39)27-31)37-22-24-41-40-12-6-8-14-48(40)52-49(41)30-37)34-18-25-45-42(28-34)38-11-5-7-13-44(38)50(45)36-20-16-33(17-21-36)32-9-3-2-4-10-32/h2-30H,1H3. The summed E-state index contributed by atoms with van der Waals surface area (Å²) in [6.07, 6.45) is 0. The lowest BCUT2D eigenvalue weighted by Gasteiger charge is -2.10. The summed E-state index contributed by atoms with van der Waals surface area (Å²) in [5.41, 5.74) is 13.4. The van der Waals surface area contributed by atoms with E-state index in [1.807, 2.05) is 11.3 Å². The molecule has 0 unspecified atom stereocenters. The highest BCUT2D eigenvalue weighted by molar-refractivity contribution is 7.25. The molecule has 8 aromatic carbocycles. The van der Waals surface area contributed by atoms with Gasteiger partial charge < -0.3 is 9.13 Å². The van der Waals surface area contributed by atoms with Gasteiger partial charge in [-0.25, -0.2) is 0 Å². The van der Waals surface area contributed by atoms with Crippen LogP contribution in [0.15, 0.2) is 176 Å². The first-order chi connectivity index (χ1) is 25.7. The number of thiophene rings is 1. The molecule has 0 amide bonds. The van der Waals surface area contributed by atoms with E-state index in [1.54, 1.807) is 0 Å². The van der Waals surface area contributed by atoms with Gasteiger partial charge in [0.15, 0.2) is 0 Å². The Morgan fingerprint density at radius 1 is 0.327 bits per heavy atom. The van der Waals surface area contributed by atoms with Crippen LogP contribution in [0.25, 0.3) is 97.4 Å². The van der Waals surface area contributed by atoms with Crippen molar-refractivity contribution in [1.82, 2.24) is 9.13 Å². The van der Waals surface area contributed by atoms with E-state index in [-0.39, 0.29) is 0 Å². The van der Waals surface area contributed by atoms with Gasteiger partial charge in [-0.05, 0) is 101 Å². The van der Waals surface area contributed by atoms with Gasteiger partial charge in [0.25, 0.3) is 0 Å². The molecule has 0 bridgehead atoms. The summed E-state index contributed by atoms with van der Waals surface area (Å²) < 4.78 is 7.50. The lowest BCUT2D eigenvalue weighted by Crippen LogP contribution is -1.94. The van der Waals surface area contributed by atoms with Crippen molar-refractivity contribution >= 4 is 75.1 Å². The van der Waals surface area contributed by atoms with Gasteiger partial charge in [0.2, 0.25) is 0 Å². The third-order valence-corrected chi connectivity index (χ3v) is 11.9. The van der Waals surface area contributed by atoms with Gasteiger partial charge in [0.05, 0.1) is 22.1 Å². The molecule has 52 heavy (non-hydrogen) atoms. The molecule has 0 N–H and O–H groups in total. The van der Waals surface area contributed by atoms with Crippen LogP contribution in [0, 0.1) is 6.92 Å². The summed E-state index contributed by atoms with van der Waals surface area (Å²) in [4.78, 5) is 0. The van der Waals surface area contributed by atoms with Gasteiger partial charge >= 0.3 is 0 Å². The highest BCUT2D eigenvalue weighted by atomic mass is 32.1. The van der Waals surface area contributed by atoms with Gasteiger partial charge in [-0.3, -0.25) is 0 Å². The Morgan fingerprint density at radius 2 is 0.865 bits per heavy atom. The van der Waals surface area contributed by atoms with Crippen LogP contribution >= 0.6 is 11.3 Å². The van der Waals surface area contributed by atoms with Crippen LogP contribution in [0.1, 0.15) is 5.56 Å². The Labute approximate surface area is 305 Å². The molecule has 0 aliphatic carbocycles. The Hall–Kier alpha value is -6.42. The van der Waals surface area contributed by atoms with Gasteiger partial charge in [0, 0.05) is 53.1 Å². The zero-order valence-electron chi connectivity index (χ0n) is 28.5. The van der Waals surface area contributed by atoms with Crippen LogP contribution in [-0.4, -0.2) is 9.13 Å². The summed E-state index contributed by atoms with van der Waals surface area (Å²) in [6.45, 7) is 2.19. The molecule has 0 aliphatic heterocycles. The molecular weight excluding hydrogens is 649 g/mol. The monoisotopic (exact) mass is 680 g/mol. The number of aryl methyl sites for hydroxylation is 1. The first kappa shape index (κ1) is 29.3. The first-order valence-corrected chi connectivity index (χ1v) is 18.7. The van der Waals surface area contributed by atoms with E-state index in [1.165, 1.54) is 97.3 Å². The molecule has 2 nitrogen and oxygen atoms in total. The molecular formula is C49H32N2S. The summed E-state index contributed by atoms with van der Waals surface area (Å²) in [5.74, 6) is 0. The Balaban J connectivity index is 1.06. The molecule has 0 saturated heterocycles. The Morgan fingerprint density at radius 3 is 1.63 bits per heavy atom. The predicted molar refractivity (Wildman–Crippen MR) is 224 cm³/mol. The minimum atomic E-state index is 1.16. The Kier molecular flexibility index (Phi) is 6.37. The Bertz CT molecular complexity index is 3180. The average molecular weight is 681 g/mol. The minimum Gasteiger partial charge on any atom is -0.309 e. The number of para-hydroxylation sites is 1. The summed E-state index contributed by atoms with van der Waals surface area (Å²) in [7, 11) is 0. The van der Waals surface area contributed by atoms with E-state index in [0.29, 0.717) is 0 Å². The van der Waals surface area contributed by atoms with Crippen LogP contribution < -0.4 is 0 Å². The zero-order valence-corrected chi connectivity index (χ0v) is 29.4. The van der Waals surface area contributed by atoms with Gasteiger partial charge in [0.1, 0.15) is 0 Å². The van der Waals surface area contributed by atoms with Crippen molar-refractivity contribution in [2.45, 2.75) is 6.92 Å². The van der Waals surface area contributed by atoms with E-state index in [4.69, 9.17) is 0 Å². The topological polar surface area (TPSA) is 9.86 Å². The first-order valence-electron chi connectivity index (χ1n) is 17.8. The number of rotatable bonds is 4. The second kappa shape index (κ2) is 11.3. The van der Waals surface area contributed by atoms with Crippen LogP contribution in [0.4, 0.5) is 0 Å². The smallest absolute Gasteiger partial charge is 0.0543 e. The maximum atomic E-state index is 2.45. The molecule has 0 spiro atoms. The van der Waals surface area contributed by atoms with Crippen LogP contribution in [-0.2, 0) is 0 Å². The van der Waals surface area contributed by atoms with Crippen LogP contribution in [0.3, 0.4) is 0 Å². The molecule has 0 atom stereocenters. The predicted octanol–water partition coefficient (Wildman–Crippen LogP) is 13.9. The highest BCUT2D eigenvalue weighted by Gasteiger charge is 2.17. The maximum Gasteiger partial charge on any atom is 0.0543 e. The van der Waals surface area contributed by atoms with Crippen molar-refractivity contribution < 1.29 is 0 Å². The normalized spacial score (nSPS) is 11.9. The molecule has 3 heteroatoms. The van der Waals surface area contributed by atoms with Crippen molar-refractivity contribution in [3.63, 3.8) is 0 Å². The minimum absolute atomic E-state index is 1.16. The number of nitrogens with zero attached hydrogens (tertiary/aromatic N) is 2. The fourth-order valence-corrected chi connectivity index (χ4v) is 9.45. The SMILES string of the molecule is Cc1ccc2c3cc(-c4ccc5c(c4)c4ccccc4n5-c4ccc(-c5ccccc5)cc4)ccc3n(-c3ccc4c(c3)sc3ccccc34)c2c1. The molecule has 244 valence electrons. The molecule has 0 saturated carbocycles. The number of fused-ring (bicyclic) bond motifs is 9. The molecule has 0 radical (unpaired) electrons. The molecule has 3 heterocycles. The maximum absolute atomic E-state index is 2.45. The molecule has 0 aliphatic rings. The zero-order chi connectivity index (χ0) is 34.3. The van der Waals surface area contributed by atoms with Crippen molar-refractivity contribution in [3.8, 4) is 33.6 Å². The second-order valence-corrected chi connectivity index (χ2v) is 14.9. The lowest BCUT2D eigenvalue weighted by molar-refractivity contribution is 1.18. The summed E-state index contributed by atoms with van der Waals surface area (Å²) in [5, 5.41) is 7.72. The fraction of sp³-hybridized carbons (Fsp3) is 0.0204. The van der Waals surface area contributed by atoms with E-state index in [2.05, 4.69) is 192 Å². The van der Waals surface area contributed by atoms with Crippen molar-refractivity contribution in [3.05, 3.63) is 181 Å². The molecule has 11 rings (SSSR count). The van der Waals surface area contributed by atoms with E-state index < -0.39 is 0 Å². The van der Waals surface area contributed by atoms with E-state index >= 15 is 0 Å².